The van der Waals surface area contributed by atoms with Crippen molar-refractivity contribution in [2.75, 3.05) is 6.54 Å². The lowest BCUT2D eigenvalue weighted by molar-refractivity contribution is 0.383. The highest BCUT2D eigenvalue weighted by Crippen LogP contribution is 2.35. The van der Waals surface area contributed by atoms with E-state index < -0.39 is 0 Å². The van der Waals surface area contributed by atoms with Crippen molar-refractivity contribution in [3.05, 3.63) is 0 Å². The second-order valence-electron chi connectivity index (χ2n) is 6.00. The first kappa shape index (κ1) is 12.4. The third kappa shape index (κ3) is 4.45. The van der Waals surface area contributed by atoms with Crippen molar-refractivity contribution >= 4 is 0 Å². The summed E-state index contributed by atoms with van der Waals surface area (Å²) in [6.45, 7) is 3.40. The predicted molar refractivity (Wildman–Crippen MR) is 70.6 cm³/mol. The van der Waals surface area contributed by atoms with E-state index in [4.69, 9.17) is 0 Å². The van der Waals surface area contributed by atoms with E-state index in [1.165, 1.54) is 64.2 Å². The molecule has 0 bridgehead atoms. The fraction of sp³-hybridized carbons (Fsp3) is 1.00. The van der Waals surface area contributed by atoms with Gasteiger partial charge >= 0.3 is 0 Å². The molecule has 2 saturated carbocycles. The smallest absolute Gasteiger partial charge is 0.00671 e. The van der Waals surface area contributed by atoms with E-state index in [-0.39, 0.29) is 0 Å². The number of hydrogen-bond acceptors (Lipinski definition) is 1. The Morgan fingerprint density at radius 2 is 1.50 bits per heavy atom. The van der Waals surface area contributed by atoms with Gasteiger partial charge in [0, 0.05) is 6.04 Å². The van der Waals surface area contributed by atoms with Gasteiger partial charge in [-0.1, -0.05) is 45.4 Å². The summed E-state index contributed by atoms with van der Waals surface area (Å²) in [4.78, 5) is 0. The summed E-state index contributed by atoms with van der Waals surface area (Å²) in [6, 6.07) is 0.825. The van der Waals surface area contributed by atoms with E-state index in [1.807, 2.05) is 0 Å². The molecule has 0 saturated heterocycles. The second-order valence-corrected chi connectivity index (χ2v) is 6.00. The molecule has 16 heavy (non-hydrogen) atoms. The molecule has 0 heterocycles. The highest BCUT2D eigenvalue weighted by molar-refractivity contribution is 4.78. The Morgan fingerprint density at radius 3 is 2.00 bits per heavy atom. The molecule has 0 aromatic carbocycles. The molecule has 0 amide bonds. The second kappa shape index (κ2) is 6.64. The Morgan fingerprint density at radius 1 is 0.938 bits per heavy atom. The quantitative estimate of drug-likeness (QED) is 0.652. The minimum absolute atomic E-state index is 0.825. The summed E-state index contributed by atoms with van der Waals surface area (Å²) < 4.78 is 0. The van der Waals surface area contributed by atoms with Crippen LogP contribution in [0.3, 0.4) is 0 Å². The van der Waals surface area contributed by atoms with Gasteiger partial charge in [-0.15, -0.1) is 0 Å². The Kier molecular flexibility index (Phi) is 5.15. The Hall–Kier alpha value is -0.0400. The molecule has 1 unspecified atom stereocenters. The number of nitrogens with one attached hydrogen (secondary N) is 1. The van der Waals surface area contributed by atoms with Gasteiger partial charge in [-0.3, -0.25) is 0 Å². The summed E-state index contributed by atoms with van der Waals surface area (Å²) in [5.41, 5.74) is 0. The van der Waals surface area contributed by atoms with Crippen molar-refractivity contribution in [3.8, 4) is 0 Å². The van der Waals surface area contributed by atoms with Crippen LogP contribution in [0, 0.1) is 11.8 Å². The van der Waals surface area contributed by atoms with Crippen LogP contribution in [0.5, 0.6) is 0 Å². The molecule has 0 aliphatic heterocycles. The standard InChI is InChI=1S/C15H29N/c1-2-16-15(12-10-14-7-8-14)11-9-13-5-3-4-6-13/h13-16H,2-12H2,1H3. The molecule has 94 valence electrons. The van der Waals surface area contributed by atoms with Crippen LogP contribution >= 0.6 is 0 Å². The summed E-state index contributed by atoms with van der Waals surface area (Å²) in [7, 11) is 0. The van der Waals surface area contributed by atoms with Crippen LogP contribution in [0.4, 0.5) is 0 Å². The molecule has 1 nitrogen and oxygen atoms in total. The Balaban J connectivity index is 1.59. The maximum absolute atomic E-state index is 3.69. The monoisotopic (exact) mass is 223 g/mol. The molecular weight excluding hydrogens is 194 g/mol. The lowest BCUT2D eigenvalue weighted by Crippen LogP contribution is -2.29. The predicted octanol–water partition coefficient (Wildman–Crippen LogP) is 4.13. The molecule has 1 heteroatoms. The summed E-state index contributed by atoms with van der Waals surface area (Å²) in [6.07, 6.45) is 14.9. The fourth-order valence-electron chi connectivity index (χ4n) is 3.22. The van der Waals surface area contributed by atoms with Crippen molar-refractivity contribution in [1.82, 2.24) is 5.32 Å². The first-order valence-electron chi connectivity index (χ1n) is 7.62. The van der Waals surface area contributed by atoms with Crippen molar-refractivity contribution in [2.45, 2.75) is 77.2 Å². The molecule has 1 atom stereocenters. The van der Waals surface area contributed by atoms with Gasteiger partial charge in [-0.2, -0.15) is 0 Å². The molecule has 2 rings (SSSR count). The van der Waals surface area contributed by atoms with E-state index in [9.17, 15) is 0 Å². The van der Waals surface area contributed by atoms with Crippen LogP contribution in [0.1, 0.15) is 71.1 Å². The van der Waals surface area contributed by atoms with Gasteiger partial charge in [-0.25, -0.2) is 0 Å². The molecule has 1 N–H and O–H groups in total. The molecule has 2 aliphatic rings. The summed E-state index contributed by atoms with van der Waals surface area (Å²) in [5, 5.41) is 3.69. The Bertz CT molecular complexity index is 180. The van der Waals surface area contributed by atoms with E-state index in [0.29, 0.717) is 0 Å². The number of hydrogen-bond donors (Lipinski definition) is 1. The lowest BCUT2D eigenvalue weighted by atomic mass is 9.96. The zero-order valence-corrected chi connectivity index (χ0v) is 11.0. The normalized spacial score (nSPS) is 23.8. The van der Waals surface area contributed by atoms with Crippen LogP contribution in [0.2, 0.25) is 0 Å². The van der Waals surface area contributed by atoms with Crippen molar-refractivity contribution in [3.63, 3.8) is 0 Å². The van der Waals surface area contributed by atoms with E-state index in [1.54, 1.807) is 0 Å². The third-order valence-electron chi connectivity index (χ3n) is 4.51. The minimum Gasteiger partial charge on any atom is -0.314 e. The van der Waals surface area contributed by atoms with Gasteiger partial charge in [0.05, 0.1) is 0 Å². The largest absolute Gasteiger partial charge is 0.314 e. The van der Waals surface area contributed by atoms with Gasteiger partial charge in [-0.05, 0) is 44.1 Å². The molecule has 0 spiro atoms. The van der Waals surface area contributed by atoms with Gasteiger partial charge in [0.1, 0.15) is 0 Å². The third-order valence-corrected chi connectivity index (χ3v) is 4.51. The van der Waals surface area contributed by atoms with E-state index in [2.05, 4.69) is 12.2 Å². The van der Waals surface area contributed by atoms with Crippen LogP contribution in [0.15, 0.2) is 0 Å². The maximum Gasteiger partial charge on any atom is 0.00671 e. The Labute approximate surface area is 101 Å². The average Bonchev–Trinajstić information content (AvgIpc) is 2.97. The fourth-order valence-corrected chi connectivity index (χ4v) is 3.22. The number of rotatable bonds is 8. The molecule has 0 aromatic rings. The van der Waals surface area contributed by atoms with Crippen LogP contribution in [-0.4, -0.2) is 12.6 Å². The molecule has 2 aliphatic carbocycles. The topological polar surface area (TPSA) is 12.0 Å². The molecule has 0 radical (unpaired) electrons. The van der Waals surface area contributed by atoms with Crippen LogP contribution < -0.4 is 5.32 Å². The molecule has 0 aromatic heterocycles. The van der Waals surface area contributed by atoms with Gasteiger partial charge in [0.25, 0.3) is 0 Å². The maximum atomic E-state index is 3.69. The van der Waals surface area contributed by atoms with Crippen LogP contribution in [-0.2, 0) is 0 Å². The van der Waals surface area contributed by atoms with Gasteiger partial charge < -0.3 is 5.32 Å². The van der Waals surface area contributed by atoms with Crippen molar-refractivity contribution in [2.24, 2.45) is 11.8 Å². The average molecular weight is 223 g/mol. The van der Waals surface area contributed by atoms with Crippen molar-refractivity contribution in [1.29, 1.82) is 0 Å². The van der Waals surface area contributed by atoms with Gasteiger partial charge in [0.2, 0.25) is 0 Å². The zero-order valence-electron chi connectivity index (χ0n) is 11.0. The first-order valence-corrected chi connectivity index (χ1v) is 7.62. The SMILES string of the molecule is CCNC(CCC1CCCC1)CCC1CC1. The lowest BCUT2D eigenvalue weighted by Gasteiger charge is -2.19. The van der Waals surface area contributed by atoms with E-state index >= 15 is 0 Å². The summed E-state index contributed by atoms with van der Waals surface area (Å²) in [5.74, 6) is 2.18. The van der Waals surface area contributed by atoms with Crippen LogP contribution in [0.25, 0.3) is 0 Å². The highest BCUT2D eigenvalue weighted by atomic mass is 14.9. The van der Waals surface area contributed by atoms with Gasteiger partial charge in [0.15, 0.2) is 0 Å². The zero-order chi connectivity index (χ0) is 11.2. The molecule has 2 fully saturated rings. The van der Waals surface area contributed by atoms with E-state index in [0.717, 1.165) is 24.4 Å². The first-order chi connectivity index (χ1) is 7.88. The van der Waals surface area contributed by atoms with Crippen molar-refractivity contribution < 1.29 is 0 Å². The molecular formula is C15H29N. The summed E-state index contributed by atoms with van der Waals surface area (Å²) >= 11 is 0. The minimum atomic E-state index is 0.825. The highest BCUT2D eigenvalue weighted by Gasteiger charge is 2.23.